The lowest BCUT2D eigenvalue weighted by Crippen LogP contribution is -1.95. The Hall–Kier alpha value is 0.660. The highest BCUT2D eigenvalue weighted by atomic mass is 79.9. The van der Waals surface area contributed by atoms with E-state index in [2.05, 4.69) is 44.8 Å². The van der Waals surface area contributed by atoms with Crippen LogP contribution in [0.3, 0.4) is 0 Å². The zero-order valence-corrected chi connectivity index (χ0v) is 13.6. The molecule has 0 aliphatic heterocycles. The van der Waals surface area contributed by atoms with Gasteiger partial charge in [0, 0.05) is 9.70 Å². The third kappa shape index (κ3) is 3.33. The first-order valence-electron chi connectivity index (χ1n) is 6.06. The highest BCUT2D eigenvalue weighted by Gasteiger charge is 2.18. The van der Waals surface area contributed by atoms with E-state index in [9.17, 15) is 0 Å². The third-order valence-electron chi connectivity index (χ3n) is 3.49. The van der Waals surface area contributed by atoms with Gasteiger partial charge in [-0.05, 0) is 53.2 Å². The summed E-state index contributed by atoms with van der Waals surface area (Å²) in [4.78, 5) is 2.03. The van der Waals surface area contributed by atoms with Gasteiger partial charge >= 0.3 is 0 Å². The van der Waals surface area contributed by atoms with E-state index in [-0.39, 0.29) is 0 Å². The lowest BCUT2D eigenvalue weighted by molar-refractivity contribution is 0.484. The van der Waals surface area contributed by atoms with Crippen molar-refractivity contribution in [2.75, 3.05) is 0 Å². The number of alkyl halides is 1. The van der Waals surface area contributed by atoms with E-state index < -0.39 is 0 Å². The molecule has 0 aromatic carbocycles. The van der Waals surface area contributed by atoms with E-state index in [0.717, 1.165) is 5.92 Å². The summed E-state index contributed by atoms with van der Waals surface area (Å²) in [6.07, 6.45) is 8.53. The van der Waals surface area contributed by atoms with Crippen LogP contribution in [0.25, 0.3) is 0 Å². The predicted octanol–water partition coefficient (Wildman–Crippen LogP) is 6.23. The molecule has 1 saturated carbocycles. The van der Waals surface area contributed by atoms with E-state index in [4.69, 9.17) is 0 Å². The smallest absolute Gasteiger partial charge is 0.0730 e. The Morgan fingerprint density at radius 2 is 2.12 bits per heavy atom. The molecule has 1 aliphatic carbocycles. The van der Waals surface area contributed by atoms with Crippen molar-refractivity contribution in [3.05, 3.63) is 20.3 Å². The predicted molar refractivity (Wildman–Crippen MR) is 79.6 cm³/mol. The number of rotatable bonds is 4. The van der Waals surface area contributed by atoms with Gasteiger partial charge in [-0.1, -0.05) is 41.6 Å². The second-order valence-corrected chi connectivity index (χ2v) is 8.31. The van der Waals surface area contributed by atoms with E-state index in [1.165, 1.54) is 52.8 Å². The van der Waals surface area contributed by atoms with E-state index in [1.54, 1.807) is 0 Å². The molecule has 0 spiro atoms. The van der Waals surface area contributed by atoms with Crippen molar-refractivity contribution in [3.63, 3.8) is 0 Å². The zero-order chi connectivity index (χ0) is 11.5. The second-order valence-electron chi connectivity index (χ2n) is 4.80. The van der Waals surface area contributed by atoms with Gasteiger partial charge in [-0.2, -0.15) is 0 Å². The number of aryl methyl sites for hydroxylation is 1. The van der Waals surface area contributed by atoms with Crippen LogP contribution >= 0.6 is 43.2 Å². The van der Waals surface area contributed by atoms with Crippen LogP contribution in [0.15, 0.2) is 9.85 Å². The Balaban J connectivity index is 1.84. The molecule has 0 nitrogen and oxygen atoms in total. The SMILES string of the molecule is Cc1cc(C(Br)CCC2CCCC2)sc1Br. The van der Waals surface area contributed by atoms with Gasteiger partial charge in [0.1, 0.15) is 0 Å². The minimum absolute atomic E-state index is 0.558. The Morgan fingerprint density at radius 3 is 2.69 bits per heavy atom. The molecule has 0 N–H and O–H groups in total. The Kier molecular flexibility index (Phi) is 4.92. The molecule has 1 fully saturated rings. The van der Waals surface area contributed by atoms with Gasteiger partial charge in [0.25, 0.3) is 0 Å². The Labute approximate surface area is 119 Å². The van der Waals surface area contributed by atoms with Gasteiger partial charge in [0.15, 0.2) is 0 Å². The lowest BCUT2D eigenvalue weighted by atomic mass is 10.0. The molecule has 0 bridgehead atoms. The molecule has 1 aliphatic rings. The number of hydrogen-bond acceptors (Lipinski definition) is 1. The lowest BCUT2D eigenvalue weighted by Gasteiger charge is -2.11. The minimum atomic E-state index is 0.558. The fourth-order valence-corrected chi connectivity index (χ4v) is 4.72. The summed E-state index contributed by atoms with van der Waals surface area (Å²) in [6.45, 7) is 2.17. The molecule has 3 heteroatoms. The summed E-state index contributed by atoms with van der Waals surface area (Å²) in [7, 11) is 0. The molecule has 0 radical (unpaired) electrons. The molecule has 90 valence electrons. The number of hydrogen-bond donors (Lipinski definition) is 0. The van der Waals surface area contributed by atoms with E-state index in [0.29, 0.717) is 4.83 Å². The summed E-state index contributed by atoms with van der Waals surface area (Å²) < 4.78 is 1.29. The zero-order valence-electron chi connectivity index (χ0n) is 9.64. The summed E-state index contributed by atoms with van der Waals surface area (Å²) >= 11 is 9.30. The molecule has 1 aromatic rings. The molecule has 0 amide bonds. The van der Waals surface area contributed by atoms with Gasteiger partial charge in [0.05, 0.1) is 3.79 Å². The second kappa shape index (κ2) is 6.01. The topological polar surface area (TPSA) is 0 Å². The minimum Gasteiger partial charge on any atom is -0.132 e. The quantitative estimate of drug-likeness (QED) is 0.555. The van der Waals surface area contributed by atoms with E-state index >= 15 is 0 Å². The van der Waals surface area contributed by atoms with Crippen molar-refractivity contribution in [2.45, 2.75) is 50.3 Å². The van der Waals surface area contributed by atoms with Crippen LogP contribution in [-0.4, -0.2) is 0 Å². The molecular formula is C13H18Br2S. The van der Waals surface area contributed by atoms with Crippen LogP contribution in [0.5, 0.6) is 0 Å². The molecule has 1 atom stereocenters. The van der Waals surface area contributed by atoms with Gasteiger partial charge < -0.3 is 0 Å². The standard InChI is InChI=1S/C13H18Br2S/c1-9-8-12(16-13(9)15)11(14)7-6-10-4-2-3-5-10/h8,10-11H,2-7H2,1H3. The Bertz CT molecular complexity index is 320. The van der Waals surface area contributed by atoms with Crippen molar-refractivity contribution in [1.29, 1.82) is 0 Å². The Morgan fingerprint density at radius 1 is 1.44 bits per heavy atom. The summed E-state index contributed by atoms with van der Waals surface area (Å²) in [5, 5.41) is 0. The largest absolute Gasteiger partial charge is 0.132 e. The van der Waals surface area contributed by atoms with Crippen molar-refractivity contribution in [3.8, 4) is 0 Å². The average molecular weight is 366 g/mol. The van der Waals surface area contributed by atoms with Crippen molar-refractivity contribution in [1.82, 2.24) is 0 Å². The maximum atomic E-state index is 3.83. The van der Waals surface area contributed by atoms with Gasteiger partial charge in [-0.25, -0.2) is 0 Å². The molecule has 1 aromatic heterocycles. The first-order chi connectivity index (χ1) is 7.66. The normalized spacial score (nSPS) is 19.2. The summed E-state index contributed by atoms with van der Waals surface area (Å²) in [6, 6.07) is 2.31. The summed E-state index contributed by atoms with van der Waals surface area (Å²) in [5.41, 5.74) is 1.37. The van der Waals surface area contributed by atoms with E-state index in [1.807, 2.05) is 11.3 Å². The highest BCUT2D eigenvalue weighted by molar-refractivity contribution is 9.11. The number of halogens is 2. The third-order valence-corrected chi connectivity index (χ3v) is 6.99. The van der Waals surface area contributed by atoms with Crippen molar-refractivity contribution >= 4 is 43.2 Å². The van der Waals surface area contributed by atoms with Gasteiger partial charge in [0.2, 0.25) is 0 Å². The summed E-state index contributed by atoms with van der Waals surface area (Å²) in [5.74, 6) is 1.00. The maximum Gasteiger partial charge on any atom is 0.0730 e. The molecule has 1 unspecified atom stereocenters. The van der Waals surface area contributed by atoms with Crippen LogP contribution in [0.1, 0.15) is 53.8 Å². The average Bonchev–Trinajstić information content (AvgIpc) is 2.86. The van der Waals surface area contributed by atoms with Crippen LogP contribution in [0.2, 0.25) is 0 Å². The highest BCUT2D eigenvalue weighted by Crippen LogP contribution is 2.39. The van der Waals surface area contributed by atoms with Crippen LogP contribution in [0.4, 0.5) is 0 Å². The van der Waals surface area contributed by atoms with Gasteiger partial charge in [-0.3, -0.25) is 0 Å². The molecule has 2 rings (SSSR count). The monoisotopic (exact) mass is 364 g/mol. The van der Waals surface area contributed by atoms with Crippen LogP contribution in [-0.2, 0) is 0 Å². The maximum absolute atomic E-state index is 3.83. The van der Waals surface area contributed by atoms with Crippen molar-refractivity contribution in [2.24, 2.45) is 5.92 Å². The molecular weight excluding hydrogens is 348 g/mol. The van der Waals surface area contributed by atoms with Crippen molar-refractivity contribution < 1.29 is 0 Å². The fraction of sp³-hybridized carbons (Fsp3) is 0.692. The molecule has 16 heavy (non-hydrogen) atoms. The van der Waals surface area contributed by atoms with Gasteiger partial charge in [-0.15, -0.1) is 11.3 Å². The molecule has 0 saturated heterocycles. The number of thiophene rings is 1. The van der Waals surface area contributed by atoms with Crippen LogP contribution < -0.4 is 0 Å². The first kappa shape index (κ1) is 13.1. The van der Waals surface area contributed by atoms with Crippen LogP contribution in [0, 0.1) is 12.8 Å². The molecule has 1 heterocycles. The fourth-order valence-electron chi connectivity index (χ4n) is 2.46. The first-order valence-corrected chi connectivity index (χ1v) is 8.59.